The minimum Gasteiger partial charge on any atom is -0.462 e. The van der Waals surface area contributed by atoms with E-state index in [0.29, 0.717) is 12.6 Å². The van der Waals surface area contributed by atoms with Crippen LogP contribution in [-0.4, -0.2) is 37.7 Å². The number of rotatable bonds is 4. The van der Waals surface area contributed by atoms with Crippen LogP contribution in [0.2, 0.25) is 0 Å². The number of nitrogens with zero attached hydrogens (tertiary/aromatic N) is 4. The summed E-state index contributed by atoms with van der Waals surface area (Å²) in [6.07, 6.45) is 4.51. The van der Waals surface area contributed by atoms with Gasteiger partial charge in [0.25, 0.3) is 6.01 Å². The summed E-state index contributed by atoms with van der Waals surface area (Å²) in [6.45, 7) is 7.66. The average molecular weight is 388 g/mol. The van der Waals surface area contributed by atoms with Gasteiger partial charge >= 0.3 is 0 Å². The van der Waals surface area contributed by atoms with Crippen LogP contribution < -0.4 is 10.1 Å². The molecule has 2 aliphatic rings. The number of H-pyrrole nitrogens is 1. The molecule has 3 aromatic heterocycles. The Labute approximate surface area is 168 Å². The molecule has 0 spiro atoms. The van der Waals surface area contributed by atoms with Crippen LogP contribution in [0.15, 0.2) is 30.5 Å². The van der Waals surface area contributed by atoms with Gasteiger partial charge in [-0.1, -0.05) is 18.2 Å². The van der Waals surface area contributed by atoms with Gasteiger partial charge in [-0.3, -0.25) is 4.57 Å². The minimum absolute atomic E-state index is 0.142. The van der Waals surface area contributed by atoms with Gasteiger partial charge in [0.1, 0.15) is 12.4 Å². The second-order valence-electron chi connectivity index (χ2n) is 9.00. The standard InChI is InChI=1S/C22H24N6O/c1-13-25-18(17-19(26-13)28-20(27-17)29-12-21(28,2)3)24-11-22(8-9-22)15-10-23-16-7-5-4-6-14(15)16/h4-7,10,23H,8-9,11-12H2,1-3H3,(H,24,25,26). The summed E-state index contributed by atoms with van der Waals surface area (Å²) in [5.41, 5.74) is 4.19. The fraction of sp³-hybridized carbons (Fsp3) is 0.409. The zero-order valence-electron chi connectivity index (χ0n) is 16.9. The van der Waals surface area contributed by atoms with E-state index in [9.17, 15) is 0 Å². The molecule has 4 heterocycles. The highest BCUT2D eigenvalue weighted by molar-refractivity contribution is 5.86. The van der Waals surface area contributed by atoms with E-state index in [1.807, 2.05) is 6.92 Å². The molecule has 1 saturated carbocycles. The molecule has 29 heavy (non-hydrogen) atoms. The van der Waals surface area contributed by atoms with Crippen molar-refractivity contribution in [3.63, 3.8) is 0 Å². The van der Waals surface area contributed by atoms with Crippen molar-refractivity contribution in [3.05, 3.63) is 41.9 Å². The SMILES string of the molecule is Cc1nc(NCC2(c3c[nH]c4ccccc34)CC2)c2nc3n(c2n1)C(C)(C)CO3. The Hall–Kier alpha value is -3.09. The highest BCUT2D eigenvalue weighted by Gasteiger charge is 2.46. The average Bonchev–Trinajstić information content (AvgIpc) is 3.06. The lowest BCUT2D eigenvalue weighted by Crippen LogP contribution is -2.26. The monoisotopic (exact) mass is 388 g/mol. The number of hydrogen-bond acceptors (Lipinski definition) is 5. The Morgan fingerprint density at radius 3 is 2.83 bits per heavy atom. The number of aromatic amines is 1. The van der Waals surface area contributed by atoms with E-state index in [-0.39, 0.29) is 11.0 Å². The Morgan fingerprint density at radius 2 is 2.00 bits per heavy atom. The summed E-state index contributed by atoms with van der Waals surface area (Å²) in [5.74, 6) is 1.53. The van der Waals surface area contributed by atoms with Crippen LogP contribution in [0.4, 0.5) is 5.82 Å². The molecule has 148 valence electrons. The van der Waals surface area contributed by atoms with E-state index in [1.54, 1.807) is 0 Å². The van der Waals surface area contributed by atoms with Gasteiger partial charge in [0.15, 0.2) is 17.0 Å². The van der Waals surface area contributed by atoms with Crippen LogP contribution in [0.3, 0.4) is 0 Å². The Morgan fingerprint density at radius 1 is 1.17 bits per heavy atom. The first-order chi connectivity index (χ1) is 14.0. The number of aromatic nitrogens is 5. The van der Waals surface area contributed by atoms with E-state index in [2.05, 4.69) is 69.1 Å². The fourth-order valence-electron chi connectivity index (χ4n) is 4.57. The van der Waals surface area contributed by atoms with Crippen molar-refractivity contribution in [2.24, 2.45) is 0 Å². The van der Waals surface area contributed by atoms with E-state index >= 15 is 0 Å². The lowest BCUT2D eigenvalue weighted by molar-refractivity contribution is 0.268. The van der Waals surface area contributed by atoms with Gasteiger partial charge in [-0.15, -0.1) is 0 Å². The fourth-order valence-corrected chi connectivity index (χ4v) is 4.57. The quantitative estimate of drug-likeness (QED) is 0.554. The van der Waals surface area contributed by atoms with Crippen molar-refractivity contribution >= 4 is 27.9 Å². The van der Waals surface area contributed by atoms with Crippen molar-refractivity contribution in [1.82, 2.24) is 24.5 Å². The summed E-state index contributed by atoms with van der Waals surface area (Å²) in [7, 11) is 0. The number of aryl methyl sites for hydroxylation is 1. The third-order valence-electron chi connectivity index (χ3n) is 6.36. The predicted octanol–water partition coefficient (Wildman–Crippen LogP) is 3.89. The predicted molar refractivity (Wildman–Crippen MR) is 113 cm³/mol. The topological polar surface area (TPSA) is 80.7 Å². The van der Waals surface area contributed by atoms with Gasteiger partial charge in [-0.2, -0.15) is 4.98 Å². The molecule has 1 aliphatic heterocycles. The maximum atomic E-state index is 5.81. The van der Waals surface area contributed by atoms with Crippen LogP contribution in [0.1, 0.15) is 38.1 Å². The van der Waals surface area contributed by atoms with E-state index in [1.165, 1.54) is 29.3 Å². The Balaban J connectivity index is 1.37. The van der Waals surface area contributed by atoms with Gasteiger partial charge < -0.3 is 15.0 Å². The highest BCUT2D eigenvalue weighted by Crippen LogP contribution is 2.50. The van der Waals surface area contributed by atoms with Crippen LogP contribution in [0.25, 0.3) is 22.1 Å². The molecule has 0 atom stereocenters. The molecule has 7 heteroatoms. The van der Waals surface area contributed by atoms with Gasteiger partial charge in [0, 0.05) is 29.1 Å². The molecule has 1 aliphatic carbocycles. The number of imidazole rings is 1. The molecule has 6 rings (SSSR count). The summed E-state index contributed by atoms with van der Waals surface area (Å²) in [4.78, 5) is 17.5. The molecule has 1 aromatic carbocycles. The van der Waals surface area contributed by atoms with Crippen LogP contribution in [-0.2, 0) is 11.0 Å². The first-order valence-electron chi connectivity index (χ1n) is 10.2. The van der Waals surface area contributed by atoms with Gasteiger partial charge in [0.05, 0.1) is 5.54 Å². The number of nitrogens with one attached hydrogen (secondary N) is 2. The zero-order chi connectivity index (χ0) is 19.8. The van der Waals surface area contributed by atoms with Crippen LogP contribution in [0, 0.1) is 6.92 Å². The number of ether oxygens (including phenoxy) is 1. The summed E-state index contributed by atoms with van der Waals surface area (Å²) in [5, 5.41) is 4.92. The Kier molecular flexibility index (Phi) is 3.19. The van der Waals surface area contributed by atoms with Crippen molar-refractivity contribution in [2.45, 2.75) is 44.6 Å². The smallest absolute Gasteiger partial charge is 0.299 e. The lowest BCUT2D eigenvalue weighted by atomic mass is 9.95. The third-order valence-corrected chi connectivity index (χ3v) is 6.36. The normalized spacial score (nSPS) is 18.7. The van der Waals surface area contributed by atoms with Gasteiger partial charge in [-0.05, 0) is 45.2 Å². The molecule has 0 amide bonds. The van der Waals surface area contributed by atoms with Crippen LogP contribution in [0.5, 0.6) is 6.01 Å². The number of benzene rings is 1. The van der Waals surface area contributed by atoms with Gasteiger partial charge in [-0.25, -0.2) is 9.97 Å². The van der Waals surface area contributed by atoms with Crippen molar-refractivity contribution in [2.75, 3.05) is 18.5 Å². The van der Waals surface area contributed by atoms with Gasteiger partial charge in [0.2, 0.25) is 0 Å². The van der Waals surface area contributed by atoms with E-state index < -0.39 is 0 Å². The second-order valence-corrected chi connectivity index (χ2v) is 9.00. The second kappa shape index (κ2) is 5.49. The largest absolute Gasteiger partial charge is 0.462 e. The molecule has 0 radical (unpaired) electrons. The molecule has 1 fully saturated rings. The first kappa shape index (κ1) is 16.8. The maximum absolute atomic E-state index is 5.81. The number of fused-ring (bicyclic) bond motifs is 4. The number of hydrogen-bond donors (Lipinski definition) is 2. The number of para-hydroxylation sites is 1. The van der Waals surface area contributed by atoms with E-state index in [0.717, 1.165) is 29.4 Å². The zero-order valence-corrected chi connectivity index (χ0v) is 16.9. The third kappa shape index (κ3) is 2.39. The number of anilines is 1. The maximum Gasteiger partial charge on any atom is 0.299 e. The minimum atomic E-state index is -0.163. The van der Waals surface area contributed by atoms with Crippen molar-refractivity contribution in [3.8, 4) is 6.01 Å². The molecule has 4 aromatic rings. The van der Waals surface area contributed by atoms with Crippen molar-refractivity contribution in [1.29, 1.82) is 0 Å². The molecule has 7 nitrogen and oxygen atoms in total. The van der Waals surface area contributed by atoms with E-state index in [4.69, 9.17) is 9.72 Å². The summed E-state index contributed by atoms with van der Waals surface area (Å²) >= 11 is 0. The first-order valence-corrected chi connectivity index (χ1v) is 10.2. The molecular weight excluding hydrogens is 364 g/mol. The molecular formula is C22H24N6O. The molecule has 0 unspecified atom stereocenters. The molecule has 2 N–H and O–H groups in total. The Bertz CT molecular complexity index is 1260. The summed E-state index contributed by atoms with van der Waals surface area (Å²) < 4.78 is 7.90. The lowest BCUT2D eigenvalue weighted by Gasteiger charge is -2.19. The summed E-state index contributed by atoms with van der Waals surface area (Å²) in [6, 6.07) is 9.14. The molecule has 0 bridgehead atoms. The highest BCUT2D eigenvalue weighted by atomic mass is 16.5. The molecule has 0 saturated heterocycles. The van der Waals surface area contributed by atoms with Crippen LogP contribution >= 0.6 is 0 Å². The van der Waals surface area contributed by atoms with Crippen molar-refractivity contribution < 1.29 is 4.74 Å².